The highest BCUT2D eigenvalue weighted by molar-refractivity contribution is 8.02. The number of amides is 1. The largest absolute Gasteiger partial charge is 0.497 e. The molecule has 0 fully saturated rings. The third kappa shape index (κ3) is 3.92. The van der Waals surface area contributed by atoms with Crippen molar-refractivity contribution in [3.8, 4) is 5.75 Å². The maximum Gasteiger partial charge on any atom is 0.239 e. The Hall–Kier alpha value is -2.16. The van der Waals surface area contributed by atoms with Crippen LogP contribution in [0.25, 0.3) is 20.4 Å². The van der Waals surface area contributed by atoms with Gasteiger partial charge in [0, 0.05) is 0 Å². The Kier molecular flexibility index (Phi) is 5.29. The summed E-state index contributed by atoms with van der Waals surface area (Å²) in [6, 6.07) is 13.7. The summed E-state index contributed by atoms with van der Waals surface area (Å²) in [5, 5.41) is 3.35. The zero-order valence-electron chi connectivity index (χ0n) is 14.8. The third-order valence-electron chi connectivity index (χ3n) is 4.01. The predicted molar refractivity (Wildman–Crippen MR) is 114 cm³/mol. The Bertz CT molecular complexity index is 1070. The van der Waals surface area contributed by atoms with E-state index >= 15 is 0 Å². The van der Waals surface area contributed by atoms with Crippen molar-refractivity contribution in [1.82, 2.24) is 9.97 Å². The third-order valence-corrected chi connectivity index (χ3v) is 7.43. The highest BCUT2D eigenvalue weighted by atomic mass is 32.2. The molecule has 4 aromatic rings. The molecule has 2 aromatic heterocycles. The molecule has 0 spiro atoms. The summed E-state index contributed by atoms with van der Waals surface area (Å²) in [4.78, 5) is 21.9. The van der Waals surface area contributed by atoms with E-state index in [9.17, 15) is 4.79 Å². The average molecular weight is 416 g/mol. The van der Waals surface area contributed by atoms with Crippen LogP contribution < -0.4 is 10.1 Å². The maximum atomic E-state index is 12.8. The topological polar surface area (TPSA) is 64.1 Å². The van der Waals surface area contributed by atoms with Crippen molar-refractivity contribution in [1.29, 1.82) is 0 Å². The van der Waals surface area contributed by atoms with Gasteiger partial charge in [-0.2, -0.15) is 0 Å². The molecule has 0 bridgehead atoms. The number of nitrogens with one attached hydrogen (secondary N) is 1. The lowest BCUT2D eigenvalue weighted by Gasteiger charge is -2.11. The van der Waals surface area contributed by atoms with Crippen LogP contribution in [-0.4, -0.2) is 28.2 Å². The highest BCUT2D eigenvalue weighted by Gasteiger charge is 2.21. The van der Waals surface area contributed by atoms with E-state index in [0.717, 1.165) is 30.5 Å². The van der Waals surface area contributed by atoms with Crippen molar-refractivity contribution in [2.24, 2.45) is 0 Å². The van der Waals surface area contributed by atoms with Crippen molar-refractivity contribution in [3.63, 3.8) is 0 Å². The van der Waals surface area contributed by atoms with Crippen LogP contribution in [0.3, 0.4) is 0 Å². The first-order valence-electron chi connectivity index (χ1n) is 8.44. The number of para-hydroxylation sites is 1. The second kappa shape index (κ2) is 7.84. The monoisotopic (exact) mass is 415 g/mol. The number of thiazole rings is 2. The van der Waals surface area contributed by atoms with Gasteiger partial charge < -0.3 is 10.1 Å². The van der Waals surface area contributed by atoms with Gasteiger partial charge in [-0.3, -0.25) is 4.79 Å². The predicted octanol–water partition coefficient (Wildman–Crippen LogP) is 5.42. The number of fused-ring (bicyclic) bond motifs is 2. The molecule has 0 saturated heterocycles. The summed E-state index contributed by atoms with van der Waals surface area (Å²) in [6.07, 6.45) is 0.713. The number of rotatable bonds is 6. The number of hydrogen-bond acceptors (Lipinski definition) is 7. The van der Waals surface area contributed by atoms with E-state index in [1.54, 1.807) is 18.4 Å². The molecular weight excluding hydrogens is 398 g/mol. The number of benzene rings is 2. The van der Waals surface area contributed by atoms with Crippen molar-refractivity contribution in [2.45, 2.75) is 22.9 Å². The number of carbonyl (C=O) groups is 1. The van der Waals surface area contributed by atoms with E-state index in [0.29, 0.717) is 11.6 Å². The fourth-order valence-electron chi connectivity index (χ4n) is 2.62. The van der Waals surface area contributed by atoms with Gasteiger partial charge in [0.25, 0.3) is 0 Å². The van der Waals surface area contributed by atoms with Crippen LogP contribution >= 0.6 is 34.4 Å². The molecule has 0 aliphatic carbocycles. The molecule has 2 aromatic carbocycles. The fourth-order valence-corrected chi connectivity index (χ4v) is 5.75. The molecule has 1 amide bonds. The first-order chi connectivity index (χ1) is 13.2. The Morgan fingerprint density at radius 2 is 1.96 bits per heavy atom. The van der Waals surface area contributed by atoms with Crippen LogP contribution in [0.4, 0.5) is 5.13 Å². The fraction of sp³-hybridized carbons (Fsp3) is 0.211. The second-order valence-corrected chi connectivity index (χ2v) is 9.32. The molecule has 2 heterocycles. The minimum Gasteiger partial charge on any atom is -0.497 e. The first kappa shape index (κ1) is 18.2. The van der Waals surface area contributed by atoms with Crippen LogP contribution in [0, 0.1) is 0 Å². The molecule has 0 aliphatic rings. The molecule has 0 radical (unpaired) electrons. The van der Waals surface area contributed by atoms with Gasteiger partial charge >= 0.3 is 0 Å². The van der Waals surface area contributed by atoms with Crippen LogP contribution in [0.15, 0.2) is 46.8 Å². The van der Waals surface area contributed by atoms with Gasteiger partial charge in [-0.25, -0.2) is 9.97 Å². The lowest BCUT2D eigenvalue weighted by molar-refractivity contribution is -0.115. The first-order valence-corrected chi connectivity index (χ1v) is 10.9. The van der Waals surface area contributed by atoms with E-state index in [1.807, 2.05) is 49.4 Å². The molecular formula is C19H17N3O2S3. The zero-order valence-corrected chi connectivity index (χ0v) is 17.2. The summed E-state index contributed by atoms with van der Waals surface area (Å²) in [5.74, 6) is 0.731. The number of hydrogen-bond donors (Lipinski definition) is 1. The quantitative estimate of drug-likeness (QED) is 0.426. The van der Waals surface area contributed by atoms with Crippen LogP contribution in [0.5, 0.6) is 5.75 Å². The van der Waals surface area contributed by atoms with Crippen molar-refractivity contribution in [2.75, 3.05) is 12.4 Å². The normalized spacial score (nSPS) is 12.4. The Labute approximate surface area is 168 Å². The molecule has 1 unspecified atom stereocenters. The zero-order chi connectivity index (χ0) is 18.8. The summed E-state index contributed by atoms with van der Waals surface area (Å²) in [5.41, 5.74) is 1.82. The van der Waals surface area contributed by atoms with Gasteiger partial charge in [-0.05, 0) is 36.8 Å². The minimum atomic E-state index is -0.216. The lowest BCUT2D eigenvalue weighted by Crippen LogP contribution is -2.24. The maximum absolute atomic E-state index is 12.8. The number of methoxy groups -OCH3 is 1. The number of nitrogens with zero attached hydrogens (tertiary/aromatic N) is 2. The molecule has 5 nitrogen and oxygen atoms in total. The Morgan fingerprint density at radius 3 is 2.74 bits per heavy atom. The van der Waals surface area contributed by atoms with Gasteiger partial charge in [-0.1, -0.05) is 42.2 Å². The molecule has 4 rings (SSSR count). The summed E-state index contributed by atoms with van der Waals surface area (Å²) in [6.45, 7) is 2.01. The van der Waals surface area contributed by atoms with Crippen LogP contribution in [0.1, 0.15) is 13.3 Å². The van der Waals surface area contributed by atoms with Gasteiger partial charge in [-0.15, -0.1) is 11.3 Å². The number of carbonyl (C=O) groups excluding carboxylic acids is 1. The number of thioether (sulfide) groups is 1. The molecule has 0 saturated carbocycles. The summed E-state index contributed by atoms with van der Waals surface area (Å²) >= 11 is 4.57. The average Bonchev–Trinajstić information content (AvgIpc) is 3.27. The molecule has 1 N–H and O–H groups in total. The molecule has 8 heteroatoms. The van der Waals surface area contributed by atoms with E-state index in [2.05, 4.69) is 15.3 Å². The van der Waals surface area contributed by atoms with Gasteiger partial charge in [0.05, 0.1) is 32.8 Å². The molecule has 27 heavy (non-hydrogen) atoms. The minimum absolute atomic E-state index is 0.0484. The number of anilines is 1. The molecule has 138 valence electrons. The number of ether oxygens (including phenoxy) is 1. The van der Waals surface area contributed by atoms with E-state index in [1.165, 1.54) is 23.1 Å². The van der Waals surface area contributed by atoms with E-state index < -0.39 is 0 Å². The van der Waals surface area contributed by atoms with Crippen LogP contribution in [0.2, 0.25) is 0 Å². The van der Waals surface area contributed by atoms with Gasteiger partial charge in [0.2, 0.25) is 5.91 Å². The molecule has 0 aliphatic heterocycles. The smallest absolute Gasteiger partial charge is 0.239 e. The Balaban J connectivity index is 1.49. The second-order valence-electron chi connectivity index (χ2n) is 5.80. The van der Waals surface area contributed by atoms with Gasteiger partial charge in [0.1, 0.15) is 5.75 Å². The summed E-state index contributed by atoms with van der Waals surface area (Å²) < 4.78 is 8.27. The number of aromatic nitrogens is 2. The SMILES string of the molecule is CCC(Sc1nc2ccccc2s1)C(=O)Nc1nc2ccc(OC)cc2s1. The lowest BCUT2D eigenvalue weighted by atomic mass is 10.3. The van der Waals surface area contributed by atoms with Crippen molar-refractivity contribution >= 4 is 65.9 Å². The van der Waals surface area contributed by atoms with Gasteiger partial charge in [0.15, 0.2) is 9.47 Å². The van der Waals surface area contributed by atoms with Crippen molar-refractivity contribution < 1.29 is 9.53 Å². The standard InChI is InChI=1S/C19H17N3O2S3/c1-3-14(26-19-21-12-6-4-5-7-15(12)27-19)17(23)22-18-20-13-9-8-11(24-2)10-16(13)25-18/h4-10,14H,3H2,1-2H3,(H,20,22,23). The van der Waals surface area contributed by atoms with Crippen molar-refractivity contribution in [3.05, 3.63) is 42.5 Å². The van der Waals surface area contributed by atoms with Crippen LogP contribution in [-0.2, 0) is 4.79 Å². The molecule has 1 atom stereocenters. The summed E-state index contributed by atoms with van der Waals surface area (Å²) in [7, 11) is 1.63. The van der Waals surface area contributed by atoms with E-state index in [-0.39, 0.29) is 11.2 Å². The Morgan fingerprint density at radius 1 is 1.15 bits per heavy atom. The van der Waals surface area contributed by atoms with E-state index in [4.69, 9.17) is 4.74 Å². The highest BCUT2D eigenvalue weighted by Crippen LogP contribution is 2.34.